The van der Waals surface area contributed by atoms with Crippen LogP contribution in [0.25, 0.3) is 0 Å². The Morgan fingerprint density at radius 2 is 2.05 bits per heavy atom. The Morgan fingerprint density at radius 1 is 1.43 bits per heavy atom. The molecule has 21 heavy (non-hydrogen) atoms. The molecule has 1 N–H and O–H groups in total. The average molecular weight is 305 g/mol. The molecule has 1 aliphatic heterocycles. The molecule has 0 aromatic heterocycles. The van der Waals surface area contributed by atoms with Crippen LogP contribution in [-0.4, -0.2) is 52.1 Å². The van der Waals surface area contributed by atoms with E-state index < -0.39 is 30.1 Å². The van der Waals surface area contributed by atoms with E-state index in [1.807, 2.05) is 0 Å². The largest absolute Gasteiger partial charge is 0.748 e. The van der Waals surface area contributed by atoms with E-state index in [0.29, 0.717) is 12.8 Å². The molecule has 1 heterocycles. The minimum Gasteiger partial charge on any atom is -0.748 e. The minimum absolute atomic E-state index is 0.0564. The summed E-state index contributed by atoms with van der Waals surface area (Å²) in [6.45, 7) is 6.60. The maximum atomic E-state index is 11.8. The Hall–Kier alpha value is -1.42. The normalized spacial score (nSPS) is 21.3. The second-order valence-electron chi connectivity index (χ2n) is 5.65. The zero-order valence-corrected chi connectivity index (χ0v) is 12.6. The molecule has 122 valence electrons. The van der Waals surface area contributed by atoms with E-state index in [4.69, 9.17) is 19.4 Å². The summed E-state index contributed by atoms with van der Waals surface area (Å²) in [5.74, 6) is -1.10. The predicted octanol–water partition coefficient (Wildman–Crippen LogP) is 1.48. The molecule has 1 unspecified atom stereocenters. The van der Waals surface area contributed by atoms with Crippen LogP contribution in [0.5, 0.6) is 0 Å². The zero-order chi connectivity index (χ0) is 16.2. The van der Waals surface area contributed by atoms with Crippen molar-refractivity contribution in [1.82, 2.24) is 10.3 Å². The zero-order valence-electron chi connectivity index (χ0n) is 12.6. The van der Waals surface area contributed by atoms with Gasteiger partial charge in [0.25, 0.3) is 0 Å². The summed E-state index contributed by atoms with van der Waals surface area (Å²) in [4.78, 5) is 27.2. The number of nitrogens with zero attached hydrogens (tertiary/aromatic N) is 2. The minimum atomic E-state index is -1.20. The lowest BCUT2D eigenvalue weighted by Gasteiger charge is -2.38. The van der Waals surface area contributed by atoms with E-state index >= 15 is 0 Å². The number of carbonyl (C=O) groups is 2. The quantitative estimate of drug-likeness (QED) is 0.458. The van der Waals surface area contributed by atoms with Crippen LogP contribution in [0.4, 0.5) is 4.79 Å². The number of aliphatic carboxylic acids is 1. The van der Waals surface area contributed by atoms with Crippen LogP contribution in [0, 0.1) is 5.21 Å². The Morgan fingerprint density at radius 3 is 2.57 bits per heavy atom. The fourth-order valence-electron chi connectivity index (χ4n) is 1.82. The molecule has 2 atom stereocenters. The van der Waals surface area contributed by atoms with Crippen LogP contribution in [0.3, 0.4) is 0 Å². The topological polar surface area (TPSA) is 112 Å². The van der Waals surface area contributed by atoms with Crippen LogP contribution in [0.1, 0.15) is 40.5 Å². The van der Waals surface area contributed by atoms with Crippen molar-refractivity contribution >= 4 is 12.1 Å². The first-order valence-electron chi connectivity index (χ1n) is 6.63. The third kappa shape index (κ3) is 5.84. The van der Waals surface area contributed by atoms with E-state index in [1.165, 1.54) is 6.92 Å². The summed E-state index contributed by atoms with van der Waals surface area (Å²) in [5.41, 5.74) is -0.725. The number of hydrogen-bond donors (Lipinski definition) is 1. The van der Waals surface area contributed by atoms with Gasteiger partial charge >= 0.3 is 12.1 Å². The molecule has 0 aromatic rings. The molecule has 1 fully saturated rings. The average Bonchev–Trinajstić information content (AvgIpc) is 2.73. The van der Waals surface area contributed by atoms with Crippen LogP contribution >= 0.6 is 0 Å². The van der Waals surface area contributed by atoms with Gasteiger partial charge in [0.2, 0.25) is 6.29 Å². The molecule has 0 spiro atoms. The molecule has 1 saturated heterocycles. The van der Waals surface area contributed by atoms with Gasteiger partial charge in [0.15, 0.2) is 0 Å². The van der Waals surface area contributed by atoms with Crippen LogP contribution in [0.15, 0.2) is 0 Å². The molecule has 0 saturated carbocycles. The lowest BCUT2D eigenvalue weighted by atomic mass is 10.2. The molecule has 0 bridgehead atoms. The summed E-state index contributed by atoms with van der Waals surface area (Å²) in [6.07, 6.45) is -1.24. The van der Waals surface area contributed by atoms with Crippen molar-refractivity contribution in [3.63, 3.8) is 0 Å². The van der Waals surface area contributed by atoms with Crippen molar-refractivity contribution in [2.24, 2.45) is 0 Å². The monoisotopic (exact) mass is 305 g/mol. The number of carbonyl (C=O) groups excluding carboxylic acids is 1. The maximum absolute atomic E-state index is 11.8. The van der Waals surface area contributed by atoms with Crippen molar-refractivity contribution in [2.75, 3.05) is 6.54 Å². The van der Waals surface area contributed by atoms with E-state index in [0.717, 1.165) is 5.01 Å². The van der Waals surface area contributed by atoms with Crippen LogP contribution in [0.2, 0.25) is 0 Å². The molecule has 1 aliphatic rings. The number of carboxylic acid groups (broad SMARTS) is 1. The molecule has 0 radical (unpaired) electrons. The first-order valence-corrected chi connectivity index (χ1v) is 6.63. The van der Waals surface area contributed by atoms with Crippen LogP contribution in [-0.2, 0) is 19.1 Å². The fraction of sp³-hybridized carbons (Fsp3) is 0.833. The van der Waals surface area contributed by atoms with Gasteiger partial charge in [0.05, 0.1) is 0 Å². The number of hydrogen-bond acceptors (Lipinski definition) is 8. The first-order chi connectivity index (χ1) is 9.60. The third-order valence-electron chi connectivity index (χ3n) is 2.61. The molecular weight excluding hydrogens is 284 g/mol. The van der Waals surface area contributed by atoms with E-state index in [1.54, 1.807) is 20.8 Å². The SMILES string of the molecule is CC(OC(=O)OC(C)(C)C)ON([O-])N1CCC[C@H]1C(=O)O. The molecule has 1 rings (SSSR count). The predicted molar refractivity (Wildman–Crippen MR) is 70.4 cm³/mol. The Labute approximate surface area is 122 Å². The van der Waals surface area contributed by atoms with Gasteiger partial charge in [-0.3, -0.25) is 9.63 Å². The van der Waals surface area contributed by atoms with Crippen molar-refractivity contribution in [3.05, 3.63) is 5.21 Å². The molecule has 9 nitrogen and oxygen atoms in total. The van der Waals surface area contributed by atoms with Gasteiger partial charge in [0, 0.05) is 13.5 Å². The van der Waals surface area contributed by atoms with Crippen molar-refractivity contribution in [1.29, 1.82) is 0 Å². The van der Waals surface area contributed by atoms with Gasteiger partial charge in [0.1, 0.15) is 11.6 Å². The van der Waals surface area contributed by atoms with Gasteiger partial charge in [-0.05, 0) is 33.6 Å². The van der Waals surface area contributed by atoms with E-state index in [9.17, 15) is 14.8 Å². The van der Waals surface area contributed by atoms with Gasteiger partial charge < -0.3 is 19.8 Å². The highest BCUT2D eigenvalue weighted by Gasteiger charge is 2.33. The van der Waals surface area contributed by atoms with Crippen LogP contribution < -0.4 is 0 Å². The number of carboxylic acids is 1. The van der Waals surface area contributed by atoms with Gasteiger partial charge in [-0.1, -0.05) is 0 Å². The highest BCUT2D eigenvalue weighted by atomic mass is 17.0. The maximum Gasteiger partial charge on any atom is 0.511 e. The van der Waals surface area contributed by atoms with E-state index in [-0.39, 0.29) is 11.9 Å². The molecule has 9 heteroatoms. The summed E-state index contributed by atoms with van der Waals surface area (Å²) < 4.78 is 9.66. The van der Waals surface area contributed by atoms with Crippen molar-refractivity contribution in [2.45, 2.75) is 58.5 Å². The second-order valence-corrected chi connectivity index (χ2v) is 5.65. The number of hydrazine groups is 1. The van der Waals surface area contributed by atoms with Gasteiger partial charge in [-0.15, -0.1) is 0 Å². The molecule has 0 aliphatic carbocycles. The summed E-state index contributed by atoms with van der Waals surface area (Å²) in [5, 5.41) is 21.8. The molecular formula is C12H21N2O7-. The van der Waals surface area contributed by atoms with Gasteiger partial charge in [-0.2, -0.15) is 5.34 Å². The van der Waals surface area contributed by atoms with Gasteiger partial charge in [-0.25, -0.2) is 9.80 Å². The highest BCUT2D eigenvalue weighted by molar-refractivity contribution is 5.73. The standard InChI is InChI=1S/C12H21N2O7/c1-8(19-11(17)20-12(2,3)4)21-14(18)13-7-5-6-9(13)10(15)16/h8-9H,5-7H2,1-4H3,(H,15,16)/q-1/t8?,9-/m0/s1. The highest BCUT2D eigenvalue weighted by Crippen LogP contribution is 2.20. The second kappa shape index (κ2) is 7.03. The summed E-state index contributed by atoms with van der Waals surface area (Å²) in [7, 11) is 0. The lowest BCUT2D eigenvalue weighted by molar-refractivity contribution is -0.320. The Balaban J connectivity index is 2.45. The van der Waals surface area contributed by atoms with E-state index in [2.05, 4.69) is 0 Å². The fourth-order valence-corrected chi connectivity index (χ4v) is 1.82. The summed E-state index contributed by atoms with van der Waals surface area (Å²) >= 11 is 0. The Kier molecular flexibility index (Phi) is 5.90. The number of rotatable bonds is 5. The van der Waals surface area contributed by atoms with Crippen molar-refractivity contribution < 1.29 is 29.0 Å². The molecule has 0 amide bonds. The first kappa shape index (κ1) is 17.6. The third-order valence-corrected chi connectivity index (χ3v) is 2.61. The molecule has 0 aromatic carbocycles. The smallest absolute Gasteiger partial charge is 0.511 e. The Bertz CT molecular complexity index is 382. The lowest BCUT2D eigenvalue weighted by Crippen LogP contribution is -2.47. The summed E-state index contributed by atoms with van der Waals surface area (Å²) in [6, 6.07) is -0.934. The number of ether oxygens (including phenoxy) is 2. The van der Waals surface area contributed by atoms with Crippen molar-refractivity contribution in [3.8, 4) is 0 Å².